The van der Waals surface area contributed by atoms with Gasteiger partial charge in [-0.15, -0.1) is 0 Å². The molecule has 0 aliphatic heterocycles. The van der Waals surface area contributed by atoms with Crippen molar-refractivity contribution >= 4 is 15.9 Å². The molecule has 1 atom stereocenters. The quantitative estimate of drug-likeness (QED) is 0.146. The molecule has 0 bridgehead atoms. The number of hydrogen-bond donors (Lipinski definition) is 0. The molecular formula is C20H43BrN+. The Kier molecular flexibility index (Phi) is 16.6. The molecule has 2 heteroatoms. The minimum Gasteiger partial charge on any atom is -0.326 e. The standard InChI is InChI=1S/C20H43BrN/c1-4-6-8-10-12-15-19-22(3,20-16-13-17-21)18-14-11-9-7-5-2/h4-20H2,1-3H3/q+1. The van der Waals surface area contributed by atoms with Gasteiger partial charge in [0.1, 0.15) is 0 Å². The van der Waals surface area contributed by atoms with Crippen molar-refractivity contribution in [1.82, 2.24) is 0 Å². The lowest BCUT2D eigenvalue weighted by molar-refractivity contribution is -0.910. The highest BCUT2D eigenvalue weighted by Crippen LogP contribution is 2.15. The third-order valence-electron chi connectivity index (χ3n) is 4.93. The number of rotatable bonds is 17. The summed E-state index contributed by atoms with van der Waals surface area (Å²) in [5.41, 5.74) is 0. The van der Waals surface area contributed by atoms with Gasteiger partial charge < -0.3 is 4.48 Å². The molecule has 0 spiro atoms. The molecule has 0 rings (SSSR count). The Morgan fingerprint density at radius 1 is 0.545 bits per heavy atom. The molecule has 1 nitrogen and oxygen atoms in total. The summed E-state index contributed by atoms with van der Waals surface area (Å²) in [6.07, 6.45) is 18.4. The van der Waals surface area contributed by atoms with Gasteiger partial charge in [-0.25, -0.2) is 0 Å². The minimum atomic E-state index is 1.17. The topological polar surface area (TPSA) is 0 Å². The summed E-state index contributed by atoms with van der Waals surface area (Å²) in [4.78, 5) is 0. The summed E-state index contributed by atoms with van der Waals surface area (Å²) in [5, 5.41) is 1.17. The molecule has 0 aliphatic rings. The second-order valence-electron chi connectivity index (χ2n) is 7.37. The summed E-state index contributed by atoms with van der Waals surface area (Å²) in [5.74, 6) is 0. The molecule has 0 fully saturated rings. The molecule has 0 heterocycles. The average Bonchev–Trinajstić information content (AvgIpc) is 2.51. The number of quaternary nitrogens is 1. The van der Waals surface area contributed by atoms with E-state index in [1.54, 1.807) is 0 Å². The van der Waals surface area contributed by atoms with Crippen LogP contribution < -0.4 is 0 Å². The number of hydrogen-bond acceptors (Lipinski definition) is 0. The monoisotopic (exact) mass is 376 g/mol. The van der Waals surface area contributed by atoms with E-state index in [4.69, 9.17) is 0 Å². The minimum absolute atomic E-state index is 1.17. The highest BCUT2D eigenvalue weighted by atomic mass is 79.9. The molecule has 1 unspecified atom stereocenters. The number of halogens is 1. The van der Waals surface area contributed by atoms with Crippen molar-refractivity contribution in [2.45, 2.75) is 97.3 Å². The summed E-state index contributed by atoms with van der Waals surface area (Å²) in [7, 11) is 2.51. The van der Waals surface area contributed by atoms with Crippen LogP contribution in [0.3, 0.4) is 0 Å². The van der Waals surface area contributed by atoms with Crippen LogP contribution in [0.5, 0.6) is 0 Å². The molecule has 0 amide bonds. The van der Waals surface area contributed by atoms with Crippen LogP contribution in [0, 0.1) is 0 Å². The van der Waals surface area contributed by atoms with E-state index >= 15 is 0 Å². The third-order valence-corrected chi connectivity index (χ3v) is 5.50. The van der Waals surface area contributed by atoms with Gasteiger partial charge in [-0.1, -0.05) is 74.7 Å². The molecule has 0 saturated heterocycles. The summed E-state index contributed by atoms with van der Waals surface area (Å²) in [6, 6.07) is 0. The normalized spacial score (nSPS) is 14.2. The van der Waals surface area contributed by atoms with Gasteiger partial charge in [-0.3, -0.25) is 0 Å². The van der Waals surface area contributed by atoms with Crippen molar-refractivity contribution in [3.05, 3.63) is 0 Å². The lowest BCUT2D eigenvalue weighted by Crippen LogP contribution is -2.46. The third kappa shape index (κ3) is 14.1. The largest absolute Gasteiger partial charge is 0.326 e. The molecular weight excluding hydrogens is 334 g/mol. The van der Waals surface area contributed by atoms with E-state index in [1.165, 1.54) is 113 Å². The predicted molar refractivity (Wildman–Crippen MR) is 106 cm³/mol. The van der Waals surface area contributed by atoms with Gasteiger partial charge >= 0.3 is 0 Å². The van der Waals surface area contributed by atoms with Gasteiger partial charge in [-0.05, 0) is 38.5 Å². The zero-order valence-electron chi connectivity index (χ0n) is 15.8. The lowest BCUT2D eigenvalue weighted by atomic mass is 10.1. The first kappa shape index (κ1) is 22.4. The van der Waals surface area contributed by atoms with E-state index in [2.05, 4.69) is 36.8 Å². The Bertz CT molecular complexity index is 220. The van der Waals surface area contributed by atoms with E-state index in [1.807, 2.05) is 0 Å². The fourth-order valence-electron chi connectivity index (χ4n) is 3.29. The number of nitrogens with zero attached hydrogens (tertiary/aromatic N) is 1. The van der Waals surface area contributed by atoms with Crippen LogP contribution in [-0.4, -0.2) is 36.5 Å². The maximum atomic E-state index is 3.58. The molecule has 22 heavy (non-hydrogen) atoms. The maximum absolute atomic E-state index is 3.58. The van der Waals surface area contributed by atoms with Crippen LogP contribution in [0.15, 0.2) is 0 Å². The second-order valence-corrected chi connectivity index (χ2v) is 8.16. The summed E-state index contributed by atoms with van der Waals surface area (Å²) in [6.45, 7) is 8.80. The molecule has 0 aromatic carbocycles. The van der Waals surface area contributed by atoms with E-state index in [0.29, 0.717) is 0 Å². The zero-order valence-corrected chi connectivity index (χ0v) is 17.4. The van der Waals surface area contributed by atoms with Crippen molar-refractivity contribution in [2.24, 2.45) is 0 Å². The highest BCUT2D eigenvalue weighted by Gasteiger charge is 2.19. The van der Waals surface area contributed by atoms with Crippen LogP contribution >= 0.6 is 15.9 Å². The van der Waals surface area contributed by atoms with Crippen LogP contribution in [0.25, 0.3) is 0 Å². The van der Waals surface area contributed by atoms with Crippen molar-refractivity contribution < 1.29 is 4.48 Å². The molecule has 0 aliphatic carbocycles. The first-order chi connectivity index (χ1) is 10.7. The smallest absolute Gasteiger partial charge is 0.0784 e. The average molecular weight is 377 g/mol. The summed E-state index contributed by atoms with van der Waals surface area (Å²) < 4.78 is 1.33. The molecule has 0 aromatic heterocycles. The summed E-state index contributed by atoms with van der Waals surface area (Å²) >= 11 is 3.58. The van der Waals surface area contributed by atoms with Crippen molar-refractivity contribution in [3.63, 3.8) is 0 Å². The Morgan fingerprint density at radius 3 is 1.32 bits per heavy atom. The Morgan fingerprint density at radius 2 is 0.909 bits per heavy atom. The van der Waals surface area contributed by atoms with Gasteiger partial charge in [0.25, 0.3) is 0 Å². The SMILES string of the molecule is CCCCCCCC[N+](C)(CCCCBr)CCCCCCC. The van der Waals surface area contributed by atoms with Crippen LogP contribution in [0.1, 0.15) is 97.3 Å². The fraction of sp³-hybridized carbons (Fsp3) is 1.00. The first-order valence-electron chi connectivity index (χ1n) is 10.1. The molecule has 0 saturated carbocycles. The van der Waals surface area contributed by atoms with Crippen molar-refractivity contribution in [2.75, 3.05) is 32.0 Å². The maximum Gasteiger partial charge on any atom is 0.0784 e. The van der Waals surface area contributed by atoms with Crippen molar-refractivity contribution in [3.8, 4) is 0 Å². The molecule has 0 radical (unpaired) electrons. The van der Waals surface area contributed by atoms with Gasteiger partial charge in [0.2, 0.25) is 0 Å². The predicted octanol–water partition coefficient (Wildman–Crippen LogP) is 6.94. The second kappa shape index (κ2) is 16.3. The molecule has 134 valence electrons. The van der Waals surface area contributed by atoms with Crippen LogP contribution in [0.2, 0.25) is 0 Å². The van der Waals surface area contributed by atoms with E-state index in [0.717, 1.165) is 0 Å². The van der Waals surface area contributed by atoms with Gasteiger partial charge in [0.15, 0.2) is 0 Å². The lowest BCUT2D eigenvalue weighted by Gasteiger charge is -2.35. The van der Waals surface area contributed by atoms with E-state index in [9.17, 15) is 0 Å². The highest BCUT2D eigenvalue weighted by molar-refractivity contribution is 9.09. The Labute approximate surface area is 150 Å². The van der Waals surface area contributed by atoms with Crippen molar-refractivity contribution in [1.29, 1.82) is 0 Å². The molecule has 0 aromatic rings. The van der Waals surface area contributed by atoms with E-state index < -0.39 is 0 Å². The number of alkyl halides is 1. The fourth-order valence-corrected chi connectivity index (χ4v) is 3.69. The van der Waals surface area contributed by atoms with Gasteiger partial charge in [0.05, 0.1) is 26.7 Å². The van der Waals surface area contributed by atoms with Gasteiger partial charge in [-0.2, -0.15) is 0 Å². The zero-order chi connectivity index (χ0) is 16.5. The van der Waals surface area contributed by atoms with Gasteiger partial charge in [0, 0.05) is 5.33 Å². The first-order valence-corrected chi connectivity index (χ1v) is 11.2. The molecule has 0 N–H and O–H groups in total. The van der Waals surface area contributed by atoms with Crippen LogP contribution in [0.4, 0.5) is 0 Å². The Hall–Kier alpha value is 0.440. The Balaban J connectivity index is 3.93. The van der Waals surface area contributed by atoms with E-state index in [-0.39, 0.29) is 0 Å². The number of unbranched alkanes of at least 4 members (excludes halogenated alkanes) is 10. The van der Waals surface area contributed by atoms with Crippen LogP contribution in [-0.2, 0) is 0 Å².